The highest BCUT2D eigenvalue weighted by atomic mass is 32.2. The first-order valence-corrected chi connectivity index (χ1v) is 9.96. The number of hydrogen-bond donors (Lipinski definition) is 1. The standard InChI is InChI=1S/C20H26N4O2S/c1-13-10-14(2)24-18(21-13)22-19(23-24)27-12-16(25)11-26-17-8-6-15(7-9-17)20(3,4)5/h6-10,16,25H,11-12H2,1-5H3/t16-/m0/s1. The zero-order chi connectivity index (χ0) is 19.6. The largest absolute Gasteiger partial charge is 0.491 e. The highest BCUT2D eigenvalue weighted by Crippen LogP contribution is 2.24. The maximum Gasteiger partial charge on any atom is 0.253 e. The fraction of sp³-hybridized carbons (Fsp3) is 0.450. The molecule has 0 radical (unpaired) electrons. The predicted octanol–water partition coefficient (Wildman–Crippen LogP) is 3.57. The van der Waals surface area contributed by atoms with Gasteiger partial charge in [0.2, 0.25) is 5.16 Å². The summed E-state index contributed by atoms with van der Waals surface area (Å²) in [5.74, 6) is 1.79. The summed E-state index contributed by atoms with van der Waals surface area (Å²) >= 11 is 1.40. The van der Waals surface area contributed by atoms with Crippen LogP contribution in [0.3, 0.4) is 0 Å². The van der Waals surface area contributed by atoms with Crippen LogP contribution in [-0.4, -0.2) is 43.2 Å². The molecular formula is C20H26N4O2S. The van der Waals surface area contributed by atoms with E-state index in [2.05, 4.69) is 48.0 Å². The molecule has 0 aliphatic heterocycles. The van der Waals surface area contributed by atoms with Gasteiger partial charge in [0.05, 0.1) is 6.10 Å². The quantitative estimate of drug-likeness (QED) is 0.653. The number of hydrogen-bond acceptors (Lipinski definition) is 6. The van der Waals surface area contributed by atoms with E-state index in [1.54, 1.807) is 4.52 Å². The molecule has 27 heavy (non-hydrogen) atoms. The topological polar surface area (TPSA) is 72.5 Å². The van der Waals surface area contributed by atoms with Gasteiger partial charge >= 0.3 is 0 Å². The van der Waals surface area contributed by atoms with Gasteiger partial charge in [0, 0.05) is 17.1 Å². The van der Waals surface area contributed by atoms with Crippen molar-refractivity contribution in [3.05, 3.63) is 47.3 Å². The van der Waals surface area contributed by atoms with Gasteiger partial charge in [0.25, 0.3) is 5.78 Å². The van der Waals surface area contributed by atoms with Crippen molar-refractivity contribution < 1.29 is 9.84 Å². The Morgan fingerprint density at radius 1 is 1.15 bits per heavy atom. The zero-order valence-corrected chi connectivity index (χ0v) is 17.2. The Morgan fingerprint density at radius 3 is 2.52 bits per heavy atom. The number of benzene rings is 1. The highest BCUT2D eigenvalue weighted by Gasteiger charge is 2.14. The second-order valence-electron chi connectivity index (χ2n) is 7.70. The van der Waals surface area contributed by atoms with Crippen LogP contribution in [0, 0.1) is 13.8 Å². The molecule has 0 amide bonds. The van der Waals surface area contributed by atoms with Crippen LogP contribution < -0.4 is 4.74 Å². The van der Waals surface area contributed by atoms with E-state index in [1.807, 2.05) is 32.0 Å². The summed E-state index contributed by atoms with van der Waals surface area (Å²) in [6.45, 7) is 10.7. The second kappa shape index (κ2) is 7.86. The van der Waals surface area contributed by atoms with Crippen molar-refractivity contribution in [2.45, 2.75) is 51.3 Å². The molecule has 2 aromatic heterocycles. The molecule has 3 rings (SSSR count). The maximum absolute atomic E-state index is 10.2. The summed E-state index contributed by atoms with van der Waals surface area (Å²) in [5.41, 5.74) is 3.26. The monoisotopic (exact) mass is 386 g/mol. The van der Waals surface area contributed by atoms with Crippen molar-refractivity contribution in [1.82, 2.24) is 19.6 Å². The molecule has 6 nitrogen and oxygen atoms in total. The lowest BCUT2D eigenvalue weighted by atomic mass is 9.87. The Hall–Kier alpha value is -2.12. The number of aryl methyl sites for hydroxylation is 2. The average molecular weight is 387 g/mol. The van der Waals surface area contributed by atoms with Crippen molar-refractivity contribution in [2.75, 3.05) is 12.4 Å². The maximum atomic E-state index is 10.2. The fourth-order valence-corrected chi connectivity index (χ4v) is 3.39. The van der Waals surface area contributed by atoms with E-state index in [-0.39, 0.29) is 12.0 Å². The van der Waals surface area contributed by atoms with Crippen molar-refractivity contribution in [2.24, 2.45) is 0 Å². The third kappa shape index (κ3) is 4.99. The highest BCUT2D eigenvalue weighted by molar-refractivity contribution is 7.99. The van der Waals surface area contributed by atoms with E-state index in [0.29, 0.717) is 16.7 Å². The van der Waals surface area contributed by atoms with Crippen LogP contribution in [0.1, 0.15) is 37.7 Å². The Bertz CT molecular complexity index is 916. The summed E-state index contributed by atoms with van der Waals surface area (Å²) < 4.78 is 7.41. The summed E-state index contributed by atoms with van der Waals surface area (Å²) in [7, 11) is 0. The average Bonchev–Trinajstić information content (AvgIpc) is 3.01. The van der Waals surface area contributed by atoms with Gasteiger partial charge in [-0.25, -0.2) is 9.50 Å². The summed E-state index contributed by atoms with van der Waals surface area (Å²) in [6, 6.07) is 9.98. The number of aromatic nitrogens is 4. The van der Waals surface area contributed by atoms with Crippen LogP contribution in [0.5, 0.6) is 5.75 Å². The van der Waals surface area contributed by atoms with E-state index in [0.717, 1.165) is 17.1 Å². The SMILES string of the molecule is Cc1cc(C)n2nc(SC[C@@H](O)COc3ccc(C(C)(C)C)cc3)nc2n1. The number of thioether (sulfide) groups is 1. The Labute approximate surface area is 164 Å². The molecule has 0 spiro atoms. The van der Waals surface area contributed by atoms with E-state index < -0.39 is 6.10 Å². The van der Waals surface area contributed by atoms with E-state index >= 15 is 0 Å². The minimum atomic E-state index is -0.611. The van der Waals surface area contributed by atoms with Gasteiger partial charge in [-0.3, -0.25) is 0 Å². The molecule has 0 fully saturated rings. The van der Waals surface area contributed by atoms with E-state index in [1.165, 1.54) is 17.3 Å². The normalized spacial score (nSPS) is 13.1. The molecule has 0 bridgehead atoms. The van der Waals surface area contributed by atoms with Crippen LogP contribution >= 0.6 is 11.8 Å². The lowest BCUT2D eigenvalue weighted by Crippen LogP contribution is -2.20. The van der Waals surface area contributed by atoms with Gasteiger partial charge in [-0.1, -0.05) is 44.7 Å². The van der Waals surface area contributed by atoms with Crippen LogP contribution in [-0.2, 0) is 5.41 Å². The van der Waals surface area contributed by atoms with Gasteiger partial charge in [0.15, 0.2) is 0 Å². The summed E-state index contributed by atoms with van der Waals surface area (Å²) in [4.78, 5) is 8.78. The van der Waals surface area contributed by atoms with Crippen LogP contribution in [0.15, 0.2) is 35.5 Å². The number of ether oxygens (including phenoxy) is 1. The smallest absolute Gasteiger partial charge is 0.253 e. The van der Waals surface area contributed by atoms with E-state index in [4.69, 9.17) is 4.74 Å². The van der Waals surface area contributed by atoms with Crippen molar-refractivity contribution >= 4 is 17.5 Å². The molecule has 0 saturated carbocycles. The van der Waals surface area contributed by atoms with Crippen LogP contribution in [0.2, 0.25) is 0 Å². The Kier molecular flexibility index (Phi) is 5.72. The van der Waals surface area contributed by atoms with Gasteiger partial charge in [0.1, 0.15) is 12.4 Å². The minimum absolute atomic E-state index is 0.113. The third-order valence-electron chi connectivity index (χ3n) is 4.17. The van der Waals surface area contributed by atoms with Gasteiger partial charge in [-0.15, -0.1) is 5.10 Å². The van der Waals surface area contributed by atoms with Crippen molar-refractivity contribution in [3.63, 3.8) is 0 Å². The van der Waals surface area contributed by atoms with Gasteiger partial charge in [-0.05, 0) is 43.0 Å². The Balaban J connectivity index is 1.52. The second-order valence-corrected chi connectivity index (χ2v) is 8.68. The lowest BCUT2D eigenvalue weighted by Gasteiger charge is -2.19. The number of fused-ring (bicyclic) bond motifs is 1. The molecule has 0 aliphatic carbocycles. The molecule has 7 heteroatoms. The first-order valence-electron chi connectivity index (χ1n) is 8.97. The molecule has 1 aromatic carbocycles. The minimum Gasteiger partial charge on any atom is -0.491 e. The molecular weight excluding hydrogens is 360 g/mol. The molecule has 0 saturated heterocycles. The molecule has 144 valence electrons. The van der Waals surface area contributed by atoms with Crippen molar-refractivity contribution in [1.29, 1.82) is 0 Å². The summed E-state index contributed by atoms with van der Waals surface area (Å²) in [5, 5.41) is 15.2. The van der Waals surface area contributed by atoms with Crippen LogP contribution in [0.4, 0.5) is 0 Å². The van der Waals surface area contributed by atoms with Gasteiger partial charge < -0.3 is 9.84 Å². The molecule has 3 aromatic rings. The van der Waals surface area contributed by atoms with Gasteiger partial charge in [-0.2, -0.15) is 4.98 Å². The lowest BCUT2D eigenvalue weighted by molar-refractivity contribution is 0.126. The Morgan fingerprint density at radius 2 is 1.85 bits per heavy atom. The number of rotatable bonds is 6. The van der Waals surface area contributed by atoms with Crippen molar-refractivity contribution in [3.8, 4) is 5.75 Å². The van der Waals surface area contributed by atoms with E-state index in [9.17, 15) is 5.11 Å². The number of aliphatic hydroxyl groups excluding tert-OH is 1. The summed E-state index contributed by atoms with van der Waals surface area (Å²) in [6.07, 6.45) is -0.611. The molecule has 1 atom stereocenters. The first kappa shape index (κ1) is 19.6. The predicted molar refractivity (Wildman–Crippen MR) is 108 cm³/mol. The zero-order valence-electron chi connectivity index (χ0n) is 16.4. The number of nitrogens with zero attached hydrogens (tertiary/aromatic N) is 4. The molecule has 2 heterocycles. The number of aliphatic hydroxyl groups is 1. The van der Waals surface area contributed by atoms with Crippen LogP contribution in [0.25, 0.3) is 5.78 Å². The fourth-order valence-electron chi connectivity index (χ4n) is 2.67. The first-order chi connectivity index (χ1) is 12.7. The molecule has 0 aliphatic rings. The molecule has 1 N–H and O–H groups in total. The molecule has 0 unspecified atom stereocenters. The third-order valence-corrected chi connectivity index (χ3v) is 5.15.